The molecule has 0 bridgehead atoms. The van der Waals surface area contributed by atoms with Crippen LogP contribution in [0.5, 0.6) is 0 Å². The maximum Gasteiger partial charge on any atom is 0.0583 e. The summed E-state index contributed by atoms with van der Waals surface area (Å²) in [6.07, 6.45) is 1.16. The molecule has 1 atom stereocenters. The summed E-state index contributed by atoms with van der Waals surface area (Å²) >= 11 is 0. The highest BCUT2D eigenvalue weighted by Crippen LogP contribution is 2.30. The van der Waals surface area contributed by atoms with Gasteiger partial charge in [-0.05, 0) is 30.5 Å². The van der Waals surface area contributed by atoms with Gasteiger partial charge in [0.1, 0.15) is 0 Å². The van der Waals surface area contributed by atoms with Gasteiger partial charge in [-0.25, -0.2) is 0 Å². The van der Waals surface area contributed by atoms with Crippen LogP contribution in [0.15, 0.2) is 18.2 Å². The number of rotatable bonds is 1. The Bertz CT molecular complexity index is 303. The fourth-order valence-electron chi connectivity index (χ4n) is 1.88. The van der Waals surface area contributed by atoms with E-state index in [2.05, 4.69) is 11.4 Å². The fraction of sp³-hybridized carbons (Fsp3) is 0.400. The van der Waals surface area contributed by atoms with Gasteiger partial charge in [0.05, 0.1) is 11.4 Å². The standard InChI is InChI=1S/C10H15N3/c11-9-3-1-2-8(10(9)12)7-4-5-13-6-7/h1-3,7,13H,4-6,11-12H2/t7-/m0/s1. The van der Waals surface area contributed by atoms with Crippen molar-refractivity contribution in [2.75, 3.05) is 24.6 Å². The molecule has 1 aromatic carbocycles. The molecule has 1 aromatic rings. The molecule has 3 nitrogen and oxygen atoms in total. The molecule has 5 N–H and O–H groups in total. The lowest BCUT2D eigenvalue weighted by atomic mass is 9.96. The van der Waals surface area contributed by atoms with Gasteiger partial charge in [-0.3, -0.25) is 0 Å². The Kier molecular flexibility index (Phi) is 2.10. The summed E-state index contributed by atoms with van der Waals surface area (Å²) in [4.78, 5) is 0. The average molecular weight is 177 g/mol. The van der Waals surface area contributed by atoms with E-state index in [1.807, 2.05) is 12.1 Å². The molecule has 1 fully saturated rings. The molecule has 0 spiro atoms. The van der Waals surface area contributed by atoms with Crippen molar-refractivity contribution < 1.29 is 0 Å². The first-order chi connectivity index (χ1) is 6.29. The summed E-state index contributed by atoms with van der Waals surface area (Å²) in [6.45, 7) is 2.10. The fourth-order valence-corrected chi connectivity index (χ4v) is 1.88. The molecular weight excluding hydrogens is 162 g/mol. The highest BCUT2D eigenvalue weighted by atomic mass is 14.9. The number of nitrogen functional groups attached to an aromatic ring is 2. The highest BCUT2D eigenvalue weighted by Gasteiger charge is 2.18. The molecule has 0 aliphatic carbocycles. The van der Waals surface area contributed by atoms with Crippen LogP contribution in [0.4, 0.5) is 11.4 Å². The SMILES string of the molecule is Nc1cccc([C@H]2CCNC2)c1N. The molecule has 2 rings (SSSR count). The van der Waals surface area contributed by atoms with Gasteiger partial charge in [-0.15, -0.1) is 0 Å². The van der Waals surface area contributed by atoms with Gasteiger partial charge < -0.3 is 16.8 Å². The summed E-state index contributed by atoms with van der Waals surface area (Å²) < 4.78 is 0. The second-order valence-electron chi connectivity index (χ2n) is 3.54. The first-order valence-corrected chi connectivity index (χ1v) is 4.63. The summed E-state index contributed by atoms with van der Waals surface area (Å²) in [7, 11) is 0. The molecule has 3 heteroatoms. The summed E-state index contributed by atoms with van der Waals surface area (Å²) in [6, 6.07) is 5.89. The zero-order valence-corrected chi connectivity index (χ0v) is 7.59. The monoisotopic (exact) mass is 177 g/mol. The topological polar surface area (TPSA) is 64.1 Å². The Balaban J connectivity index is 2.33. The maximum atomic E-state index is 5.91. The van der Waals surface area contributed by atoms with E-state index >= 15 is 0 Å². The molecule has 1 aliphatic rings. The number of benzene rings is 1. The van der Waals surface area contributed by atoms with Crippen LogP contribution in [0, 0.1) is 0 Å². The number of hydrogen-bond acceptors (Lipinski definition) is 3. The van der Waals surface area contributed by atoms with Crippen LogP contribution in [-0.4, -0.2) is 13.1 Å². The number of hydrogen-bond donors (Lipinski definition) is 3. The smallest absolute Gasteiger partial charge is 0.0583 e. The van der Waals surface area contributed by atoms with Crippen LogP contribution in [0.1, 0.15) is 17.9 Å². The van der Waals surface area contributed by atoms with Crippen molar-refractivity contribution in [2.24, 2.45) is 0 Å². The third-order valence-electron chi connectivity index (χ3n) is 2.67. The minimum atomic E-state index is 0.545. The molecule has 1 aliphatic heterocycles. The third-order valence-corrected chi connectivity index (χ3v) is 2.67. The predicted molar refractivity (Wildman–Crippen MR) is 55.5 cm³/mol. The summed E-state index contributed by atoms with van der Waals surface area (Å²) in [5.41, 5.74) is 14.3. The van der Waals surface area contributed by atoms with Crippen molar-refractivity contribution in [1.82, 2.24) is 5.32 Å². The van der Waals surface area contributed by atoms with E-state index in [9.17, 15) is 0 Å². The van der Waals surface area contributed by atoms with Gasteiger partial charge in [-0.1, -0.05) is 12.1 Å². The van der Waals surface area contributed by atoms with Crippen molar-refractivity contribution in [3.8, 4) is 0 Å². The Hall–Kier alpha value is -1.22. The molecular formula is C10H15N3. The van der Waals surface area contributed by atoms with E-state index in [1.54, 1.807) is 0 Å². The van der Waals surface area contributed by atoms with Crippen LogP contribution in [0.3, 0.4) is 0 Å². The van der Waals surface area contributed by atoms with Crippen LogP contribution >= 0.6 is 0 Å². The van der Waals surface area contributed by atoms with E-state index in [4.69, 9.17) is 11.5 Å². The van der Waals surface area contributed by atoms with Crippen molar-refractivity contribution in [2.45, 2.75) is 12.3 Å². The second-order valence-corrected chi connectivity index (χ2v) is 3.54. The minimum Gasteiger partial charge on any atom is -0.397 e. The average Bonchev–Trinajstić information content (AvgIpc) is 2.62. The van der Waals surface area contributed by atoms with Gasteiger partial charge >= 0.3 is 0 Å². The lowest BCUT2D eigenvalue weighted by Gasteiger charge is -2.13. The minimum absolute atomic E-state index is 0.545. The highest BCUT2D eigenvalue weighted by molar-refractivity contribution is 5.68. The molecule has 0 saturated carbocycles. The Labute approximate surface area is 78.1 Å². The normalized spacial score (nSPS) is 22.0. The second kappa shape index (κ2) is 3.26. The maximum absolute atomic E-state index is 5.91. The first kappa shape index (κ1) is 8.38. The molecule has 0 aromatic heterocycles. The summed E-state index contributed by atoms with van der Waals surface area (Å²) in [5, 5.41) is 3.32. The van der Waals surface area contributed by atoms with Crippen LogP contribution in [-0.2, 0) is 0 Å². The largest absolute Gasteiger partial charge is 0.397 e. The van der Waals surface area contributed by atoms with Gasteiger partial charge in [0.15, 0.2) is 0 Å². The van der Waals surface area contributed by atoms with Gasteiger partial charge in [0.25, 0.3) is 0 Å². The van der Waals surface area contributed by atoms with Crippen molar-refractivity contribution in [3.63, 3.8) is 0 Å². The van der Waals surface area contributed by atoms with Gasteiger partial charge in [0.2, 0.25) is 0 Å². The molecule has 13 heavy (non-hydrogen) atoms. The number of para-hydroxylation sites is 1. The van der Waals surface area contributed by atoms with E-state index in [0.29, 0.717) is 11.6 Å². The lowest BCUT2D eigenvalue weighted by molar-refractivity contribution is 0.766. The quantitative estimate of drug-likeness (QED) is 0.559. The molecule has 70 valence electrons. The summed E-state index contributed by atoms with van der Waals surface area (Å²) in [5.74, 6) is 0.545. The van der Waals surface area contributed by atoms with Crippen molar-refractivity contribution >= 4 is 11.4 Å². The number of nitrogens with one attached hydrogen (secondary N) is 1. The Morgan fingerprint density at radius 2 is 2.15 bits per heavy atom. The number of nitrogens with two attached hydrogens (primary N) is 2. The zero-order chi connectivity index (χ0) is 9.26. The van der Waals surface area contributed by atoms with Gasteiger partial charge in [-0.2, -0.15) is 0 Å². The van der Waals surface area contributed by atoms with Gasteiger partial charge in [0, 0.05) is 6.54 Å². The third kappa shape index (κ3) is 1.47. The molecule has 1 heterocycles. The Morgan fingerprint density at radius 3 is 2.85 bits per heavy atom. The molecule has 0 radical (unpaired) electrons. The molecule has 0 amide bonds. The van der Waals surface area contributed by atoms with Crippen molar-refractivity contribution in [3.05, 3.63) is 23.8 Å². The number of anilines is 2. The molecule has 0 unspecified atom stereocenters. The van der Waals surface area contributed by atoms with Crippen molar-refractivity contribution in [1.29, 1.82) is 0 Å². The van der Waals surface area contributed by atoms with E-state index in [1.165, 1.54) is 5.56 Å². The first-order valence-electron chi connectivity index (χ1n) is 4.63. The Morgan fingerprint density at radius 1 is 1.31 bits per heavy atom. The van der Waals surface area contributed by atoms with Crippen LogP contribution in [0.2, 0.25) is 0 Å². The van der Waals surface area contributed by atoms with E-state index < -0.39 is 0 Å². The lowest BCUT2D eigenvalue weighted by Crippen LogP contribution is -2.10. The predicted octanol–water partition coefficient (Wildman–Crippen LogP) is 0.928. The molecule has 1 saturated heterocycles. The van der Waals surface area contributed by atoms with E-state index in [-0.39, 0.29) is 0 Å². The van der Waals surface area contributed by atoms with E-state index in [0.717, 1.165) is 25.2 Å². The van der Waals surface area contributed by atoms with Crippen LogP contribution in [0.25, 0.3) is 0 Å². The van der Waals surface area contributed by atoms with Crippen LogP contribution < -0.4 is 16.8 Å². The zero-order valence-electron chi connectivity index (χ0n) is 7.59.